The fourth-order valence-corrected chi connectivity index (χ4v) is 8.41. The Morgan fingerprint density at radius 3 is 1.52 bits per heavy atom. The molecule has 0 aliphatic carbocycles. The van der Waals surface area contributed by atoms with Crippen LogP contribution in [0.2, 0.25) is 0 Å². The third-order valence-electron chi connectivity index (χ3n) is 10.6. The van der Waals surface area contributed by atoms with Crippen LogP contribution in [-0.2, 0) is 0 Å². The predicted octanol–water partition coefficient (Wildman–Crippen LogP) is 13.5. The lowest BCUT2D eigenvalue weighted by Crippen LogP contribution is -1.95. The van der Waals surface area contributed by atoms with E-state index in [-0.39, 0.29) is 0 Å². The smallest absolute Gasteiger partial charge is 0.143 e. The van der Waals surface area contributed by atoms with Crippen LogP contribution in [0.4, 0.5) is 0 Å². The second kappa shape index (κ2) is 10.4. The highest BCUT2D eigenvalue weighted by molar-refractivity contribution is 6.23. The molecule has 0 amide bonds. The molecule has 0 aliphatic rings. The zero-order chi connectivity index (χ0) is 32.8. The van der Waals surface area contributed by atoms with Crippen LogP contribution in [-0.4, -0.2) is 4.57 Å². The van der Waals surface area contributed by atoms with Gasteiger partial charge in [0.15, 0.2) is 0 Å². The van der Waals surface area contributed by atoms with Crippen molar-refractivity contribution >= 4 is 76.1 Å². The van der Waals surface area contributed by atoms with Crippen molar-refractivity contribution in [2.75, 3.05) is 0 Å². The van der Waals surface area contributed by atoms with Gasteiger partial charge < -0.3 is 8.98 Å². The molecule has 0 unspecified atom stereocenters. The molecule has 9 aromatic carbocycles. The average molecular weight is 636 g/mol. The van der Waals surface area contributed by atoms with Crippen LogP contribution in [0.3, 0.4) is 0 Å². The number of para-hydroxylation sites is 2. The zero-order valence-electron chi connectivity index (χ0n) is 27.1. The average Bonchev–Trinajstić information content (AvgIpc) is 3.73. The van der Waals surface area contributed by atoms with Gasteiger partial charge in [-0.2, -0.15) is 0 Å². The Balaban J connectivity index is 1.17. The van der Waals surface area contributed by atoms with E-state index in [1.54, 1.807) is 0 Å². The standard InChI is InChI=1S/C48H29NO/c1-2-15-34-30(12-1)24-26-41-42-29-32(25-27-45(42)50-48(34)41)47-39-20-5-3-18-37(39)46(38-19-4-6-21-40(38)47)31-13-11-14-33(28-31)49-43-22-9-7-16-35(43)36-17-8-10-23-44(36)49/h1-29H. The SMILES string of the molecule is c1cc(-c2c3ccccc3c(-c3ccc4oc5c6ccccc6ccc5c4c3)c3ccccc23)cc(-n2c3ccccc3c3ccccc32)c1. The van der Waals surface area contributed by atoms with Crippen molar-refractivity contribution in [1.29, 1.82) is 0 Å². The van der Waals surface area contributed by atoms with E-state index in [1.165, 1.54) is 71.0 Å². The lowest BCUT2D eigenvalue weighted by Gasteiger charge is -2.18. The van der Waals surface area contributed by atoms with Crippen LogP contribution in [0.25, 0.3) is 104 Å². The molecule has 0 fully saturated rings. The van der Waals surface area contributed by atoms with E-state index in [4.69, 9.17) is 4.42 Å². The summed E-state index contributed by atoms with van der Waals surface area (Å²) in [6.07, 6.45) is 0. The van der Waals surface area contributed by atoms with E-state index in [9.17, 15) is 0 Å². The maximum absolute atomic E-state index is 6.50. The fourth-order valence-electron chi connectivity index (χ4n) is 8.41. The van der Waals surface area contributed by atoms with Gasteiger partial charge in [-0.15, -0.1) is 0 Å². The Kier molecular flexibility index (Phi) is 5.70. The third-order valence-corrected chi connectivity index (χ3v) is 10.6. The van der Waals surface area contributed by atoms with E-state index in [1.807, 2.05) is 0 Å². The summed E-state index contributed by atoms with van der Waals surface area (Å²) < 4.78 is 8.91. The molecule has 11 rings (SSSR count). The number of fused-ring (bicyclic) bond motifs is 10. The Hall–Kier alpha value is -6.64. The molecule has 2 heterocycles. The molecule has 11 aromatic rings. The lowest BCUT2D eigenvalue weighted by atomic mass is 9.85. The summed E-state index contributed by atoms with van der Waals surface area (Å²) in [6, 6.07) is 63.8. The number of hydrogen-bond acceptors (Lipinski definition) is 1. The van der Waals surface area contributed by atoms with Crippen molar-refractivity contribution in [3.8, 4) is 27.9 Å². The summed E-state index contributed by atoms with van der Waals surface area (Å²) in [5.41, 5.74) is 10.3. The first-order valence-corrected chi connectivity index (χ1v) is 17.2. The molecule has 0 N–H and O–H groups in total. The molecule has 0 saturated carbocycles. The maximum atomic E-state index is 6.50. The molecule has 50 heavy (non-hydrogen) atoms. The molecule has 0 saturated heterocycles. The highest BCUT2D eigenvalue weighted by Gasteiger charge is 2.19. The van der Waals surface area contributed by atoms with E-state index in [0.717, 1.165) is 33.0 Å². The number of hydrogen-bond donors (Lipinski definition) is 0. The van der Waals surface area contributed by atoms with Crippen LogP contribution in [0.1, 0.15) is 0 Å². The molecular weight excluding hydrogens is 607 g/mol. The van der Waals surface area contributed by atoms with E-state index in [2.05, 4.69) is 180 Å². The summed E-state index contributed by atoms with van der Waals surface area (Å²) in [5, 5.41) is 12.1. The van der Waals surface area contributed by atoms with E-state index in [0.29, 0.717) is 0 Å². The molecule has 0 atom stereocenters. The molecule has 2 heteroatoms. The summed E-state index contributed by atoms with van der Waals surface area (Å²) in [4.78, 5) is 0. The molecule has 0 aliphatic heterocycles. The molecule has 232 valence electrons. The molecule has 0 bridgehead atoms. The normalized spacial score (nSPS) is 12.0. The second-order valence-corrected chi connectivity index (χ2v) is 13.2. The minimum absolute atomic E-state index is 0.909. The zero-order valence-corrected chi connectivity index (χ0v) is 27.1. The number of aromatic nitrogens is 1. The summed E-state index contributed by atoms with van der Waals surface area (Å²) >= 11 is 0. The summed E-state index contributed by atoms with van der Waals surface area (Å²) in [7, 11) is 0. The number of furan rings is 1. The van der Waals surface area contributed by atoms with Gasteiger partial charge in [-0.3, -0.25) is 0 Å². The number of benzene rings is 9. The molecule has 2 aromatic heterocycles. The van der Waals surface area contributed by atoms with E-state index >= 15 is 0 Å². The fraction of sp³-hybridized carbons (Fsp3) is 0. The third kappa shape index (κ3) is 3.85. The van der Waals surface area contributed by atoms with Crippen molar-refractivity contribution in [2.45, 2.75) is 0 Å². The summed E-state index contributed by atoms with van der Waals surface area (Å²) in [5.74, 6) is 0. The number of nitrogens with zero attached hydrogens (tertiary/aromatic N) is 1. The first-order valence-electron chi connectivity index (χ1n) is 17.2. The summed E-state index contributed by atoms with van der Waals surface area (Å²) in [6.45, 7) is 0. The quantitative estimate of drug-likeness (QED) is 0.177. The first-order chi connectivity index (χ1) is 24.8. The van der Waals surface area contributed by atoms with Gasteiger partial charge in [-0.1, -0.05) is 133 Å². The van der Waals surface area contributed by atoms with Crippen LogP contribution >= 0.6 is 0 Å². The van der Waals surface area contributed by atoms with E-state index < -0.39 is 0 Å². The van der Waals surface area contributed by atoms with Crippen LogP contribution in [0.5, 0.6) is 0 Å². The molecular formula is C48H29NO. The molecule has 2 nitrogen and oxygen atoms in total. The highest BCUT2D eigenvalue weighted by atomic mass is 16.3. The number of rotatable bonds is 3. The van der Waals surface area contributed by atoms with Crippen LogP contribution in [0, 0.1) is 0 Å². The van der Waals surface area contributed by atoms with Gasteiger partial charge in [0, 0.05) is 32.6 Å². The monoisotopic (exact) mass is 635 g/mol. The first kappa shape index (κ1) is 27.3. The predicted molar refractivity (Wildman–Crippen MR) is 211 cm³/mol. The van der Waals surface area contributed by atoms with Crippen molar-refractivity contribution < 1.29 is 4.42 Å². The maximum Gasteiger partial charge on any atom is 0.143 e. The Labute approximate surface area is 288 Å². The van der Waals surface area contributed by atoms with Gasteiger partial charge in [0.05, 0.1) is 11.0 Å². The van der Waals surface area contributed by atoms with Gasteiger partial charge in [-0.05, 0) is 91.6 Å². The Morgan fingerprint density at radius 1 is 0.340 bits per heavy atom. The highest BCUT2D eigenvalue weighted by Crippen LogP contribution is 2.45. The van der Waals surface area contributed by atoms with Gasteiger partial charge in [-0.25, -0.2) is 0 Å². The molecule has 0 spiro atoms. The molecule has 0 radical (unpaired) electrons. The lowest BCUT2D eigenvalue weighted by molar-refractivity contribution is 0.672. The van der Waals surface area contributed by atoms with Crippen molar-refractivity contribution in [1.82, 2.24) is 4.57 Å². The minimum atomic E-state index is 0.909. The minimum Gasteiger partial charge on any atom is -0.455 e. The van der Waals surface area contributed by atoms with Crippen LogP contribution in [0.15, 0.2) is 180 Å². The van der Waals surface area contributed by atoms with Gasteiger partial charge >= 0.3 is 0 Å². The van der Waals surface area contributed by atoms with Crippen molar-refractivity contribution in [2.24, 2.45) is 0 Å². The van der Waals surface area contributed by atoms with Gasteiger partial charge in [0.25, 0.3) is 0 Å². The van der Waals surface area contributed by atoms with Crippen LogP contribution < -0.4 is 0 Å². The Morgan fingerprint density at radius 2 is 0.880 bits per heavy atom. The second-order valence-electron chi connectivity index (χ2n) is 13.2. The van der Waals surface area contributed by atoms with Crippen molar-refractivity contribution in [3.63, 3.8) is 0 Å². The van der Waals surface area contributed by atoms with Gasteiger partial charge in [0.2, 0.25) is 0 Å². The van der Waals surface area contributed by atoms with Crippen molar-refractivity contribution in [3.05, 3.63) is 176 Å². The topological polar surface area (TPSA) is 18.1 Å². The largest absolute Gasteiger partial charge is 0.455 e. The Bertz CT molecular complexity index is 3050. The van der Waals surface area contributed by atoms with Gasteiger partial charge in [0.1, 0.15) is 11.2 Å².